The molecule has 0 radical (unpaired) electrons. The maximum Gasteiger partial charge on any atom is 0.325 e. The van der Waals surface area contributed by atoms with Gasteiger partial charge in [0.25, 0.3) is 0 Å². The van der Waals surface area contributed by atoms with Crippen molar-refractivity contribution < 1.29 is 19.0 Å². The monoisotopic (exact) mass is 199 g/mol. The van der Waals surface area contributed by atoms with Gasteiger partial charge in [-0.15, -0.1) is 0 Å². The second-order valence-electron chi connectivity index (χ2n) is 2.70. The Labute approximate surface area is 80.1 Å². The van der Waals surface area contributed by atoms with Crippen LogP contribution in [0.4, 0.5) is 4.39 Å². The smallest absolute Gasteiger partial charge is 0.325 e. The van der Waals surface area contributed by atoms with Gasteiger partial charge in [0.15, 0.2) is 0 Å². The standard InChI is InChI=1S/C9H10FNO3/c1-14-5-2-3-6(7(10)4-5)8(11)9(12)13/h2-4,8H,11H2,1H3,(H,12,13)/t8-/m1/s1. The molecule has 0 unspecified atom stereocenters. The van der Waals surface area contributed by atoms with Crippen LogP contribution in [0, 0.1) is 5.82 Å². The summed E-state index contributed by atoms with van der Waals surface area (Å²) in [5, 5.41) is 8.56. The molecule has 1 rings (SSSR count). The van der Waals surface area contributed by atoms with Crippen molar-refractivity contribution in [1.82, 2.24) is 0 Å². The fourth-order valence-electron chi connectivity index (χ4n) is 1.02. The summed E-state index contributed by atoms with van der Waals surface area (Å²) in [6.45, 7) is 0. The lowest BCUT2D eigenvalue weighted by Gasteiger charge is -2.08. The molecule has 0 aromatic heterocycles. The highest BCUT2D eigenvalue weighted by Crippen LogP contribution is 2.20. The first-order chi connectivity index (χ1) is 6.56. The molecule has 5 heteroatoms. The molecule has 4 nitrogen and oxygen atoms in total. The molecule has 0 aliphatic carbocycles. The normalized spacial score (nSPS) is 12.2. The molecule has 0 aliphatic heterocycles. The van der Waals surface area contributed by atoms with Gasteiger partial charge < -0.3 is 15.6 Å². The Morgan fingerprint density at radius 2 is 2.29 bits per heavy atom. The third-order valence-electron chi connectivity index (χ3n) is 1.81. The van der Waals surface area contributed by atoms with E-state index in [0.717, 1.165) is 6.07 Å². The van der Waals surface area contributed by atoms with Gasteiger partial charge in [-0.1, -0.05) is 6.07 Å². The van der Waals surface area contributed by atoms with E-state index in [2.05, 4.69) is 0 Å². The summed E-state index contributed by atoms with van der Waals surface area (Å²) in [6, 6.07) is 2.51. The number of halogens is 1. The Morgan fingerprint density at radius 1 is 1.64 bits per heavy atom. The molecule has 1 atom stereocenters. The summed E-state index contributed by atoms with van der Waals surface area (Å²) < 4.78 is 18.0. The number of hydrogen-bond donors (Lipinski definition) is 2. The van der Waals surface area contributed by atoms with Crippen LogP contribution in [0.3, 0.4) is 0 Å². The fraction of sp³-hybridized carbons (Fsp3) is 0.222. The Morgan fingerprint density at radius 3 is 2.71 bits per heavy atom. The van der Waals surface area contributed by atoms with Gasteiger partial charge in [-0.25, -0.2) is 4.39 Å². The van der Waals surface area contributed by atoms with Gasteiger partial charge in [-0.3, -0.25) is 4.79 Å². The van der Waals surface area contributed by atoms with E-state index in [1.807, 2.05) is 0 Å². The van der Waals surface area contributed by atoms with Crippen LogP contribution in [0.1, 0.15) is 11.6 Å². The molecule has 1 aromatic carbocycles. The van der Waals surface area contributed by atoms with Gasteiger partial charge in [0.1, 0.15) is 17.6 Å². The van der Waals surface area contributed by atoms with Crippen LogP contribution in [-0.4, -0.2) is 18.2 Å². The van der Waals surface area contributed by atoms with Crippen molar-refractivity contribution in [3.63, 3.8) is 0 Å². The van der Waals surface area contributed by atoms with Crippen LogP contribution in [0.5, 0.6) is 5.75 Å². The van der Waals surface area contributed by atoms with Crippen molar-refractivity contribution in [2.24, 2.45) is 5.73 Å². The number of rotatable bonds is 3. The van der Waals surface area contributed by atoms with Crippen LogP contribution in [0.25, 0.3) is 0 Å². The van der Waals surface area contributed by atoms with E-state index in [0.29, 0.717) is 5.75 Å². The lowest BCUT2D eigenvalue weighted by Crippen LogP contribution is -2.21. The van der Waals surface area contributed by atoms with Gasteiger partial charge in [0, 0.05) is 11.6 Å². The van der Waals surface area contributed by atoms with Gasteiger partial charge in [0.05, 0.1) is 7.11 Å². The predicted molar refractivity (Wildman–Crippen MR) is 47.5 cm³/mol. The van der Waals surface area contributed by atoms with Crippen LogP contribution in [0.2, 0.25) is 0 Å². The number of hydrogen-bond acceptors (Lipinski definition) is 3. The SMILES string of the molecule is COc1ccc([C@@H](N)C(=O)O)c(F)c1. The molecule has 1 aromatic rings. The highest BCUT2D eigenvalue weighted by atomic mass is 19.1. The number of aliphatic carboxylic acids is 1. The lowest BCUT2D eigenvalue weighted by atomic mass is 10.1. The molecule has 0 bridgehead atoms. The van der Waals surface area contributed by atoms with E-state index in [1.54, 1.807) is 0 Å². The average molecular weight is 199 g/mol. The van der Waals surface area contributed by atoms with Crippen molar-refractivity contribution in [3.8, 4) is 5.75 Å². The van der Waals surface area contributed by atoms with E-state index < -0.39 is 17.8 Å². The minimum Gasteiger partial charge on any atom is -0.497 e. The Bertz CT molecular complexity index is 354. The van der Waals surface area contributed by atoms with Crippen molar-refractivity contribution >= 4 is 5.97 Å². The molecule has 0 saturated carbocycles. The van der Waals surface area contributed by atoms with E-state index in [1.165, 1.54) is 19.2 Å². The molecular weight excluding hydrogens is 189 g/mol. The minimum absolute atomic E-state index is 0.0571. The highest BCUT2D eigenvalue weighted by molar-refractivity contribution is 5.75. The summed E-state index contributed by atoms with van der Waals surface area (Å²) in [6.07, 6.45) is 0. The molecular formula is C9H10FNO3. The first kappa shape index (κ1) is 10.5. The Balaban J connectivity index is 3.05. The molecule has 0 fully saturated rings. The second-order valence-corrected chi connectivity index (χ2v) is 2.70. The van der Waals surface area contributed by atoms with E-state index in [4.69, 9.17) is 15.6 Å². The molecule has 0 heterocycles. The quantitative estimate of drug-likeness (QED) is 0.759. The first-order valence-electron chi connectivity index (χ1n) is 3.88. The second kappa shape index (κ2) is 4.06. The van der Waals surface area contributed by atoms with Gasteiger partial charge in [-0.2, -0.15) is 0 Å². The maximum absolute atomic E-state index is 13.2. The maximum atomic E-state index is 13.2. The summed E-state index contributed by atoms with van der Waals surface area (Å²) >= 11 is 0. The number of nitrogens with two attached hydrogens (primary N) is 1. The zero-order chi connectivity index (χ0) is 10.7. The van der Waals surface area contributed by atoms with Crippen molar-refractivity contribution in [2.75, 3.05) is 7.11 Å². The Hall–Kier alpha value is -1.62. The number of methoxy groups -OCH3 is 1. The molecule has 0 amide bonds. The highest BCUT2D eigenvalue weighted by Gasteiger charge is 2.18. The largest absolute Gasteiger partial charge is 0.497 e. The van der Waals surface area contributed by atoms with E-state index in [9.17, 15) is 9.18 Å². The lowest BCUT2D eigenvalue weighted by molar-refractivity contribution is -0.138. The topological polar surface area (TPSA) is 72.5 Å². The predicted octanol–water partition coefficient (Wildman–Crippen LogP) is 0.919. The van der Waals surface area contributed by atoms with Crippen molar-refractivity contribution in [1.29, 1.82) is 0 Å². The Kier molecular flexibility index (Phi) is 3.03. The minimum atomic E-state index is -1.35. The molecule has 0 saturated heterocycles. The first-order valence-corrected chi connectivity index (χ1v) is 3.88. The van der Waals surface area contributed by atoms with Crippen LogP contribution in [-0.2, 0) is 4.79 Å². The number of ether oxygens (including phenoxy) is 1. The number of carboxylic acid groups (broad SMARTS) is 1. The van der Waals surface area contributed by atoms with Gasteiger partial charge in [-0.05, 0) is 6.07 Å². The number of carboxylic acids is 1. The third kappa shape index (κ3) is 2.00. The summed E-state index contributed by atoms with van der Waals surface area (Å²) in [5.74, 6) is -1.63. The van der Waals surface area contributed by atoms with E-state index in [-0.39, 0.29) is 5.56 Å². The summed E-state index contributed by atoms with van der Waals surface area (Å²) in [7, 11) is 1.39. The average Bonchev–Trinajstić information content (AvgIpc) is 2.16. The van der Waals surface area contributed by atoms with Gasteiger partial charge in [0.2, 0.25) is 0 Å². The molecule has 0 aliphatic rings. The zero-order valence-electron chi connectivity index (χ0n) is 7.53. The fourth-order valence-corrected chi connectivity index (χ4v) is 1.02. The number of carbonyl (C=O) groups is 1. The van der Waals surface area contributed by atoms with Crippen molar-refractivity contribution in [2.45, 2.75) is 6.04 Å². The zero-order valence-corrected chi connectivity index (χ0v) is 7.53. The molecule has 14 heavy (non-hydrogen) atoms. The van der Waals surface area contributed by atoms with Gasteiger partial charge >= 0.3 is 5.97 Å². The number of benzene rings is 1. The van der Waals surface area contributed by atoms with Crippen LogP contribution < -0.4 is 10.5 Å². The van der Waals surface area contributed by atoms with Crippen LogP contribution in [0.15, 0.2) is 18.2 Å². The molecule has 76 valence electrons. The van der Waals surface area contributed by atoms with Crippen LogP contribution >= 0.6 is 0 Å². The molecule has 0 spiro atoms. The summed E-state index contributed by atoms with van der Waals surface area (Å²) in [4.78, 5) is 10.5. The summed E-state index contributed by atoms with van der Waals surface area (Å²) in [5.41, 5.74) is 5.19. The van der Waals surface area contributed by atoms with Crippen molar-refractivity contribution in [3.05, 3.63) is 29.6 Å². The van der Waals surface area contributed by atoms with E-state index >= 15 is 0 Å². The molecule has 3 N–H and O–H groups in total. The third-order valence-corrected chi connectivity index (χ3v) is 1.81.